The summed E-state index contributed by atoms with van der Waals surface area (Å²) in [4.78, 5) is 2.39. The quantitative estimate of drug-likeness (QED) is 0.649. The summed E-state index contributed by atoms with van der Waals surface area (Å²) in [5.41, 5.74) is 5.37. The first kappa shape index (κ1) is 13.9. The minimum absolute atomic E-state index is 0.344. The van der Waals surface area contributed by atoms with Gasteiger partial charge in [0.25, 0.3) is 0 Å². The number of aliphatic hydroxyl groups is 1. The van der Waals surface area contributed by atoms with E-state index in [1.54, 1.807) is 0 Å². The molecule has 0 amide bonds. The van der Waals surface area contributed by atoms with Crippen LogP contribution in [0.3, 0.4) is 0 Å². The van der Waals surface area contributed by atoms with Gasteiger partial charge in [0.2, 0.25) is 0 Å². The summed E-state index contributed by atoms with van der Waals surface area (Å²) < 4.78 is 0. The molecule has 0 rings (SSSR count). The van der Waals surface area contributed by atoms with E-state index in [9.17, 15) is 5.11 Å². The topological polar surface area (TPSA) is 49.5 Å². The lowest BCUT2D eigenvalue weighted by Gasteiger charge is -2.28. The Bertz CT molecular complexity index is 137. The van der Waals surface area contributed by atoms with Gasteiger partial charge in [-0.2, -0.15) is 0 Å². The second-order valence-electron chi connectivity index (χ2n) is 4.66. The highest BCUT2D eigenvalue weighted by atomic mass is 16.3. The predicted molar refractivity (Wildman–Crippen MR) is 61.2 cm³/mol. The summed E-state index contributed by atoms with van der Waals surface area (Å²) in [6.45, 7) is 11.2. The fourth-order valence-corrected chi connectivity index (χ4v) is 1.46. The van der Waals surface area contributed by atoms with E-state index in [2.05, 4.69) is 32.6 Å². The minimum Gasteiger partial charge on any atom is -0.392 e. The first-order chi connectivity index (χ1) is 6.47. The van der Waals surface area contributed by atoms with Gasteiger partial charge in [-0.25, -0.2) is 0 Å². The Morgan fingerprint density at radius 3 is 2.14 bits per heavy atom. The lowest BCUT2D eigenvalue weighted by molar-refractivity contribution is 0.128. The van der Waals surface area contributed by atoms with Crippen LogP contribution in [0.4, 0.5) is 0 Å². The number of aliphatic hydroxyl groups excluding tert-OH is 1. The van der Waals surface area contributed by atoms with Crippen molar-refractivity contribution in [2.24, 2.45) is 11.7 Å². The van der Waals surface area contributed by atoms with E-state index < -0.39 is 0 Å². The minimum atomic E-state index is -0.344. The highest BCUT2D eigenvalue weighted by molar-refractivity contribution is 4.67. The van der Waals surface area contributed by atoms with Crippen LogP contribution in [-0.2, 0) is 0 Å². The zero-order valence-corrected chi connectivity index (χ0v) is 10.0. The van der Waals surface area contributed by atoms with Gasteiger partial charge in [0.1, 0.15) is 0 Å². The average Bonchev–Trinajstić information content (AvgIpc) is 2.10. The largest absolute Gasteiger partial charge is 0.392 e. The van der Waals surface area contributed by atoms with Crippen molar-refractivity contribution in [3.05, 3.63) is 0 Å². The van der Waals surface area contributed by atoms with Crippen LogP contribution in [-0.4, -0.2) is 41.8 Å². The molecule has 0 aliphatic rings. The third-order valence-electron chi connectivity index (χ3n) is 2.35. The summed E-state index contributed by atoms with van der Waals surface area (Å²) in [5.74, 6) is 0.674. The fourth-order valence-electron chi connectivity index (χ4n) is 1.46. The third-order valence-corrected chi connectivity index (χ3v) is 2.35. The Hall–Kier alpha value is -0.120. The smallest absolute Gasteiger partial charge is 0.0674 e. The van der Waals surface area contributed by atoms with E-state index in [0.29, 0.717) is 18.5 Å². The van der Waals surface area contributed by atoms with E-state index in [0.717, 1.165) is 19.5 Å². The zero-order chi connectivity index (χ0) is 11.1. The molecule has 0 saturated heterocycles. The Morgan fingerprint density at radius 1 is 1.21 bits per heavy atom. The van der Waals surface area contributed by atoms with Crippen molar-refractivity contribution < 1.29 is 5.11 Å². The van der Waals surface area contributed by atoms with Gasteiger partial charge in [-0.1, -0.05) is 13.8 Å². The van der Waals surface area contributed by atoms with Gasteiger partial charge in [-0.05, 0) is 26.2 Å². The number of rotatable bonds is 7. The molecule has 0 aromatic rings. The summed E-state index contributed by atoms with van der Waals surface area (Å²) in [6.07, 6.45) is 0.435. The molecule has 0 heterocycles. The second kappa shape index (κ2) is 7.21. The third kappa shape index (κ3) is 6.35. The molecule has 86 valence electrons. The van der Waals surface area contributed by atoms with Crippen LogP contribution in [0.15, 0.2) is 0 Å². The average molecular weight is 202 g/mol. The Kier molecular flexibility index (Phi) is 7.15. The van der Waals surface area contributed by atoms with E-state index in [4.69, 9.17) is 5.73 Å². The van der Waals surface area contributed by atoms with Gasteiger partial charge in [0.05, 0.1) is 6.10 Å². The van der Waals surface area contributed by atoms with Crippen LogP contribution < -0.4 is 5.73 Å². The lowest BCUT2D eigenvalue weighted by atomic mass is 10.1. The highest BCUT2D eigenvalue weighted by Crippen LogP contribution is 2.06. The van der Waals surface area contributed by atoms with E-state index in [1.807, 2.05) is 0 Å². The van der Waals surface area contributed by atoms with Crippen LogP contribution in [0.2, 0.25) is 0 Å². The summed E-state index contributed by atoms with van der Waals surface area (Å²) in [5, 5.41) is 9.37. The van der Waals surface area contributed by atoms with Gasteiger partial charge in [0.15, 0.2) is 0 Å². The molecule has 3 N–H and O–H groups in total. The van der Waals surface area contributed by atoms with Crippen LogP contribution in [0.1, 0.15) is 34.1 Å². The molecule has 0 radical (unpaired) electrons. The summed E-state index contributed by atoms with van der Waals surface area (Å²) >= 11 is 0. The SMILES string of the molecule is CC(C)CN(CCC(O)CN)C(C)C. The molecule has 0 aromatic carbocycles. The molecule has 3 heteroatoms. The Labute approximate surface area is 88.3 Å². The molecule has 0 spiro atoms. The van der Waals surface area contributed by atoms with E-state index >= 15 is 0 Å². The number of nitrogens with two attached hydrogens (primary N) is 1. The van der Waals surface area contributed by atoms with Gasteiger partial charge >= 0.3 is 0 Å². The summed E-state index contributed by atoms with van der Waals surface area (Å²) in [7, 11) is 0. The molecule has 0 saturated carbocycles. The molecule has 3 nitrogen and oxygen atoms in total. The first-order valence-electron chi connectivity index (χ1n) is 5.59. The van der Waals surface area contributed by atoms with Gasteiger partial charge in [-0.3, -0.25) is 0 Å². The lowest BCUT2D eigenvalue weighted by Crippen LogP contribution is -2.37. The molecule has 0 bridgehead atoms. The van der Waals surface area contributed by atoms with E-state index in [-0.39, 0.29) is 6.10 Å². The molecule has 14 heavy (non-hydrogen) atoms. The molecule has 0 aliphatic carbocycles. The van der Waals surface area contributed by atoms with Gasteiger partial charge < -0.3 is 15.7 Å². The molecule has 1 atom stereocenters. The number of hydrogen-bond donors (Lipinski definition) is 2. The molecule has 0 aromatic heterocycles. The van der Waals surface area contributed by atoms with Gasteiger partial charge in [0, 0.05) is 25.7 Å². The molecule has 0 fully saturated rings. The van der Waals surface area contributed by atoms with Crippen molar-refractivity contribution in [3.63, 3.8) is 0 Å². The zero-order valence-electron chi connectivity index (χ0n) is 10.0. The van der Waals surface area contributed by atoms with Crippen molar-refractivity contribution in [2.45, 2.75) is 46.3 Å². The maximum Gasteiger partial charge on any atom is 0.0674 e. The Morgan fingerprint density at radius 2 is 1.79 bits per heavy atom. The fraction of sp³-hybridized carbons (Fsp3) is 1.00. The van der Waals surface area contributed by atoms with Crippen LogP contribution in [0.5, 0.6) is 0 Å². The first-order valence-corrected chi connectivity index (χ1v) is 5.59. The number of nitrogens with zero attached hydrogens (tertiary/aromatic N) is 1. The monoisotopic (exact) mass is 202 g/mol. The van der Waals surface area contributed by atoms with Crippen LogP contribution >= 0.6 is 0 Å². The predicted octanol–water partition coefficient (Wildman–Crippen LogP) is 1.06. The van der Waals surface area contributed by atoms with Crippen molar-refractivity contribution in [3.8, 4) is 0 Å². The van der Waals surface area contributed by atoms with Gasteiger partial charge in [-0.15, -0.1) is 0 Å². The number of hydrogen-bond acceptors (Lipinski definition) is 3. The van der Waals surface area contributed by atoms with Crippen molar-refractivity contribution in [1.82, 2.24) is 4.90 Å². The molecular weight excluding hydrogens is 176 g/mol. The van der Waals surface area contributed by atoms with Crippen molar-refractivity contribution in [2.75, 3.05) is 19.6 Å². The Balaban J connectivity index is 3.85. The maximum atomic E-state index is 9.37. The normalized spacial score (nSPS) is 14.4. The standard InChI is InChI=1S/C11H26N2O/c1-9(2)8-13(10(3)4)6-5-11(14)7-12/h9-11,14H,5-8,12H2,1-4H3. The maximum absolute atomic E-state index is 9.37. The van der Waals surface area contributed by atoms with Crippen molar-refractivity contribution >= 4 is 0 Å². The molecule has 1 unspecified atom stereocenters. The second-order valence-corrected chi connectivity index (χ2v) is 4.66. The van der Waals surface area contributed by atoms with Crippen LogP contribution in [0, 0.1) is 5.92 Å². The highest BCUT2D eigenvalue weighted by Gasteiger charge is 2.12. The van der Waals surface area contributed by atoms with Crippen LogP contribution in [0.25, 0.3) is 0 Å². The molecular formula is C11H26N2O. The van der Waals surface area contributed by atoms with Crippen molar-refractivity contribution in [1.29, 1.82) is 0 Å². The molecule has 0 aliphatic heterocycles. The van der Waals surface area contributed by atoms with E-state index in [1.165, 1.54) is 0 Å². The summed E-state index contributed by atoms with van der Waals surface area (Å²) in [6, 6.07) is 0.544.